The normalized spacial score (nSPS) is 9.83. The summed E-state index contributed by atoms with van der Waals surface area (Å²) in [4.78, 5) is 10.8. The fourth-order valence-corrected chi connectivity index (χ4v) is 1.24. The lowest BCUT2D eigenvalue weighted by atomic mass is 10.1. The highest BCUT2D eigenvalue weighted by Gasteiger charge is 2.00. The number of ketones is 1. The summed E-state index contributed by atoms with van der Waals surface area (Å²) < 4.78 is 0.870. The molecule has 0 aliphatic rings. The van der Waals surface area contributed by atoms with Crippen LogP contribution in [-0.2, 0) is 11.2 Å². The third-order valence-corrected chi connectivity index (χ3v) is 2.24. The van der Waals surface area contributed by atoms with Crippen LogP contribution < -0.4 is 5.73 Å². The lowest BCUT2D eigenvalue weighted by molar-refractivity contribution is -0.116. The van der Waals surface area contributed by atoms with Crippen molar-refractivity contribution in [2.24, 2.45) is 0 Å². The maximum absolute atomic E-state index is 10.8. The highest BCUT2D eigenvalue weighted by atomic mass is 79.9. The average molecular weight is 228 g/mol. The van der Waals surface area contributed by atoms with Crippen molar-refractivity contribution in [3.05, 3.63) is 28.2 Å². The maximum atomic E-state index is 10.8. The number of rotatable bonds is 2. The molecule has 0 amide bonds. The first kappa shape index (κ1) is 9.26. The van der Waals surface area contributed by atoms with Gasteiger partial charge in [-0.2, -0.15) is 0 Å². The van der Waals surface area contributed by atoms with E-state index >= 15 is 0 Å². The van der Waals surface area contributed by atoms with Gasteiger partial charge in [0, 0.05) is 16.6 Å². The van der Waals surface area contributed by atoms with Crippen LogP contribution in [0.2, 0.25) is 0 Å². The second-order valence-corrected chi connectivity index (χ2v) is 3.59. The van der Waals surface area contributed by atoms with Crippen molar-refractivity contribution in [1.82, 2.24) is 0 Å². The van der Waals surface area contributed by atoms with Crippen LogP contribution in [0.1, 0.15) is 12.5 Å². The van der Waals surface area contributed by atoms with Crippen molar-refractivity contribution >= 4 is 27.4 Å². The number of hydrogen-bond acceptors (Lipinski definition) is 2. The molecule has 0 saturated heterocycles. The van der Waals surface area contributed by atoms with Gasteiger partial charge in [-0.05, 0) is 40.5 Å². The van der Waals surface area contributed by atoms with Crippen LogP contribution in [0.25, 0.3) is 0 Å². The van der Waals surface area contributed by atoms with Gasteiger partial charge < -0.3 is 5.73 Å². The van der Waals surface area contributed by atoms with Gasteiger partial charge in [-0.1, -0.05) is 6.07 Å². The molecule has 0 radical (unpaired) electrons. The Hall–Kier alpha value is -0.830. The first-order valence-electron chi connectivity index (χ1n) is 3.63. The molecule has 0 saturated carbocycles. The monoisotopic (exact) mass is 227 g/mol. The molecule has 0 bridgehead atoms. The second-order valence-electron chi connectivity index (χ2n) is 2.73. The van der Waals surface area contributed by atoms with E-state index in [1.165, 1.54) is 0 Å². The summed E-state index contributed by atoms with van der Waals surface area (Å²) in [6, 6.07) is 5.56. The van der Waals surface area contributed by atoms with Crippen molar-refractivity contribution in [2.45, 2.75) is 13.3 Å². The van der Waals surface area contributed by atoms with E-state index < -0.39 is 0 Å². The van der Waals surface area contributed by atoms with Crippen LogP contribution in [0.4, 0.5) is 5.69 Å². The minimum absolute atomic E-state index is 0.150. The standard InChI is InChI=1S/C9H10BrNO/c1-6(12)4-7-2-3-8(10)9(11)5-7/h2-3,5H,4,11H2,1H3. The number of halogens is 1. The molecule has 0 unspecified atom stereocenters. The topological polar surface area (TPSA) is 43.1 Å². The number of anilines is 1. The van der Waals surface area contributed by atoms with Crippen LogP contribution >= 0.6 is 15.9 Å². The molecule has 0 atom stereocenters. The van der Waals surface area contributed by atoms with Crippen molar-refractivity contribution in [1.29, 1.82) is 0 Å². The summed E-state index contributed by atoms with van der Waals surface area (Å²) in [6.45, 7) is 1.57. The van der Waals surface area contributed by atoms with Crippen LogP contribution in [0.5, 0.6) is 0 Å². The lowest BCUT2D eigenvalue weighted by Gasteiger charge is -2.01. The molecule has 1 rings (SSSR count). The summed E-state index contributed by atoms with van der Waals surface area (Å²) in [6.07, 6.45) is 0.456. The zero-order valence-electron chi connectivity index (χ0n) is 6.80. The number of nitrogens with two attached hydrogens (primary N) is 1. The summed E-state index contributed by atoms with van der Waals surface area (Å²) in [7, 11) is 0. The van der Waals surface area contributed by atoms with Crippen molar-refractivity contribution < 1.29 is 4.79 Å². The number of carbonyl (C=O) groups excluding carboxylic acids is 1. The fourth-order valence-electron chi connectivity index (χ4n) is 0.991. The number of benzene rings is 1. The number of carbonyl (C=O) groups is 1. The zero-order valence-corrected chi connectivity index (χ0v) is 8.39. The summed E-state index contributed by atoms with van der Waals surface area (Å²) in [5.41, 5.74) is 7.27. The Morgan fingerprint density at radius 2 is 2.25 bits per heavy atom. The molecule has 2 N–H and O–H groups in total. The molecule has 3 heteroatoms. The third-order valence-electron chi connectivity index (χ3n) is 1.51. The Labute approximate surface area is 79.9 Å². The zero-order chi connectivity index (χ0) is 9.14. The van der Waals surface area contributed by atoms with E-state index in [0.717, 1.165) is 10.0 Å². The largest absolute Gasteiger partial charge is 0.398 e. The highest BCUT2D eigenvalue weighted by Crippen LogP contribution is 2.20. The summed E-state index contributed by atoms with van der Waals surface area (Å²) in [5, 5.41) is 0. The van der Waals surface area contributed by atoms with Gasteiger partial charge in [0.2, 0.25) is 0 Å². The molecule has 1 aromatic carbocycles. The average Bonchev–Trinajstić information content (AvgIpc) is 1.96. The van der Waals surface area contributed by atoms with Crippen LogP contribution in [0.15, 0.2) is 22.7 Å². The Morgan fingerprint density at radius 1 is 1.58 bits per heavy atom. The summed E-state index contributed by atoms with van der Waals surface area (Å²) in [5.74, 6) is 0.150. The van der Waals surface area contributed by atoms with Crippen LogP contribution in [0.3, 0.4) is 0 Å². The predicted octanol–water partition coefficient (Wildman–Crippen LogP) is 2.16. The van der Waals surface area contributed by atoms with Crippen LogP contribution in [0, 0.1) is 0 Å². The lowest BCUT2D eigenvalue weighted by Crippen LogP contribution is -1.97. The van der Waals surface area contributed by atoms with Gasteiger partial charge in [0.1, 0.15) is 5.78 Å². The van der Waals surface area contributed by atoms with E-state index in [0.29, 0.717) is 12.1 Å². The Morgan fingerprint density at radius 3 is 2.75 bits per heavy atom. The molecule has 0 aliphatic heterocycles. The van der Waals surface area contributed by atoms with E-state index in [2.05, 4.69) is 15.9 Å². The first-order valence-corrected chi connectivity index (χ1v) is 4.42. The van der Waals surface area contributed by atoms with Gasteiger partial charge in [-0.15, -0.1) is 0 Å². The van der Waals surface area contributed by atoms with E-state index in [1.807, 2.05) is 18.2 Å². The molecule has 0 aliphatic carbocycles. The minimum atomic E-state index is 0.150. The van der Waals surface area contributed by atoms with E-state index in [-0.39, 0.29) is 5.78 Å². The molecule has 64 valence electrons. The van der Waals surface area contributed by atoms with E-state index in [1.54, 1.807) is 6.92 Å². The molecule has 2 nitrogen and oxygen atoms in total. The molecule has 0 aromatic heterocycles. The summed E-state index contributed by atoms with van der Waals surface area (Å²) >= 11 is 3.29. The molecule has 12 heavy (non-hydrogen) atoms. The number of nitrogen functional groups attached to an aromatic ring is 1. The quantitative estimate of drug-likeness (QED) is 0.788. The van der Waals surface area contributed by atoms with Crippen LogP contribution in [-0.4, -0.2) is 5.78 Å². The minimum Gasteiger partial charge on any atom is -0.398 e. The van der Waals surface area contributed by atoms with E-state index in [4.69, 9.17) is 5.73 Å². The van der Waals surface area contributed by atoms with Crippen molar-refractivity contribution in [2.75, 3.05) is 5.73 Å². The van der Waals surface area contributed by atoms with Gasteiger partial charge in [0.25, 0.3) is 0 Å². The van der Waals surface area contributed by atoms with Gasteiger partial charge in [0.15, 0.2) is 0 Å². The second kappa shape index (κ2) is 3.72. The van der Waals surface area contributed by atoms with Gasteiger partial charge >= 0.3 is 0 Å². The fraction of sp³-hybridized carbons (Fsp3) is 0.222. The van der Waals surface area contributed by atoms with Gasteiger partial charge in [-0.3, -0.25) is 4.79 Å². The molecular weight excluding hydrogens is 218 g/mol. The maximum Gasteiger partial charge on any atom is 0.134 e. The Bertz CT molecular complexity index is 309. The SMILES string of the molecule is CC(=O)Cc1ccc(Br)c(N)c1. The van der Waals surface area contributed by atoms with Crippen molar-refractivity contribution in [3.63, 3.8) is 0 Å². The Kier molecular flexibility index (Phi) is 2.87. The molecule has 1 aromatic rings. The van der Waals surface area contributed by atoms with E-state index in [9.17, 15) is 4.79 Å². The molecule has 0 spiro atoms. The molecular formula is C9H10BrNO. The van der Waals surface area contributed by atoms with Gasteiger partial charge in [-0.25, -0.2) is 0 Å². The first-order chi connectivity index (χ1) is 5.59. The predicted molar refractivity (Wildman–Crippen MR) is 52.9 cm³/mol. The Balaban J connectivity index is 2.89. The highest BCUT2D eigenvalue weighted by molar-refractivity contribution is 9.10. The number of Topliss-reactive ketones (excluding diaryl/α,β-unsaturated/α-hetero) is 1. The van der Waals surface area contributed by atoms with Gasteiger partial charge in [0.05, 0.1) is 0 Å². The third kappa shape index (κ3) is 2.34. The van der Waals surface area contributed by atoms with Crippen molar-refractivity contribution in [3.8, 4) is 0 Å². The molecule has 0 heterocycles. The smallest absolute Gasteiger partial charge is 0.134 e. The number of hydrogen-bond donors (Lipinski definition) is 1. The molecule has 0 fully saturated rings.